The van der Waals surface area contributed by atoms with Crippen molar-refractivity contribution in [2.24, 2.45) is 0 Å². The fraction of sp³-hybridized carbons (Fsp3) is 0.300. The van der Waals surface area contributed by atoms with Gasteiger partial charge in [-0.1, -0.05) is 24.3 Å². The van der Waals surface area contributed by atoms with Crippen molar-refractivity contribution in [2.75, 3.05) is 34.0 Å². The van der Waals surface area contributed by atoms with Gasteiger partial charge in [0.05, 0.1) is 23.6 Å². The summed E-state index contributed by atoms with van der Waals surface area (Å²) in [5, 5.41) is 2.90. The van der Waals surface area contributed by atoms with E-state index in [0.717, 1.165) is 23.7 Å². The minimum atomic E-state index is -0.935. The number of hydrogen-bond acceptors (Lipinski definition) is 4. The third-order valence-corrected chi connectivity index (χ3v) is 5.95. The van der Waals surface area contributed by atoms with Crippen LogP contribution in [0, 0.1) is 0 Å². The average molecular weight is 367 g/mol. The monoisotopic (exact) mass is 367 g/mol. The highest BCUT2D eigenvalue weighted by Crippen LogP contribution is 2.38. The second-order valence-corrected chi connectivity index (χ2v) is 8.13. The van der Waals surface area contributed by atoms with Crippen molar-refractivity contribution in [1.29, 1.82) is 0 Å². The molecule has 2 amide bonds. The standard InChI is InChI=1S/C20H21N3O2S/c1-20(2)19(25)21-14-7-3-4-8-15(14)23(20)18(24)13-22-11-12-26-17-10-6-5-9-16(17)22/h3-10H,11-13H2,1-2H3,(H,21,25). The number of hydrogen-bond donors (Lipinski definition) is 1. The van der Waals surface area contributed by atoms with Crippen LogP contribution < -0.4 is 15.1 Å². The van der Waals surface area contributed by atoms with Gasteiger partial charge in [0, 0.05) is 17.2 Å². The van der Waals surface area contributed by atoms with Gasteiger partial charge in [0.25, 0.3) is 0 Å². The number of fused-ring (bicyclic) bond motifs is 2. The average Bonchev–Trinajstić information content (AvgIpc) is 2.63. The summed E-state index contributed by atoms with van der Waals surface area (Å²) in [4.78, 5) is 30.8. The quantitative estimate of drug-likeness (QED) is 0.884. The summed E-state index contributed by atoms with van der Waals surface area (Å²) in [5.74, 6) is 0.711. The number of anilines is 3. The number of nitrogens with zero attached hydrogens (tertiary/aromatic N) is 2. The largest absolute Gasteiger partial charge is 0.360 e. The van der Waals surface area contributed by atoms with Crippen molar-refractivity contribution in [1.82, 2.24) is 0 Å². The van der Waals surface area contributed by atoms with E-state index in [1.165, 1.54) is 4.90 Å². The van der Waals surface area contributed by atoms with Crippen LogP contribution in [0.3, 0.4) is 0 Å². The van der Waals surface area contributed by atoms with Crippen LogP contribution in [-0.4, -0.2) is 36.2 Å². The number of rotatable bonds is 2. The summed E-state index contributed by atoms with van der Waals surface area (Å²) in [6, 6.07) is 15.6. The van der Waals surface area contributed by atoms with Crippen molar-refractivity contribution in [3.8, 4) is 0 Å². The van der Waals surface area contributed by atoms with Crippen LogP contribution in [0.1, 0.15) is 13.8 Å². The first-order valence-electron chi connectivity index (χ1n) is 8.69. The number of thioether (sulfide) groups is 1. The van der Waals surface area contributed by atoms with Gasteiger partial charge >= 0.3 is 0 Å². The van der Waals surface area contributed by atoms with E-state index in [4.69, 9.17) is 0 Å². The maximum Gasteiger partial charge on any atom is 0.250 e. The van der Waals surface area contributed by atoms with Crippen LogP contribution in [0.4, 0.5) is 17.1 Å². The van der Waals surface area contributed by atoms with E-state index >= 15 is 0 Å². The van der Waals surface area contributed by atoms with Crippen molar-refractivity contribution in [2.45, 2.75) is 24.3 Å². The number of amides is 2. The third kappa shape index (κ3) is 2.74. The molecule has 0 fully saturated rings. The van der Waals surface area contributed by atoms with Gasteiger partial charge in [-0.05, 0) is 38.1 Å². The van der Waals surface area contributed by atoms with Crippen LogP contribution in [0.15, 0.2) is 53.4 Å². The van der Waals surface area contributed by atoms with Crippen LogP contribution in [-0.2, 0) is 9.59 Å². The lowest BCUT2D eigenvalue weighted by atomic mass is 9.96. The summed E-state index contributed by atoms with van der Waals surface area (Å²) in [7, 11) is 0. The second-order valence-electron chi connectivity index (χ2n) is 7.00. The van der Waals surface area contributed by atoms with E-state index < -0.39 is 5.54 Å². The highest BCUT2D eigenvalue weighted by molar-refractivity contribution is 7.99. The van der Waals surface area contributed by atoms with Crippen molar-refractivity contribution >= 4 is 40.6 Å². The first-order valence-corrected chi connectivity index (χ1v) is 9.67. The van der Waals surface area contributed by atoms with E-state index in [2.05, 4.69) is 22.3 Å². The molecule has 2 heterocycles. The zero-order chi connectivity index (χ0) is 18.3. The molecule has 0 saturated heterocycles. The smallest absolute Gasteiger partial charge is 0.250 e. The van der Waals surface area contributed by atoms with Gasteiger partial charge in [0.1, 0.15) is 5.54 Å². The molecule has 26 heavy (non-hydrogen) atoms. The fourth-order valence-electron chi connectivity index (χ4n) is 3.52. The van der Waals surface area contributed by atoms with Gasteiger partial charge in [-0.15, -0.1) is 11.8 Å². The zero-order valence-corrected chi connectivity index (χ0v) is 15.7. The van der Waals surface area contributed by atoms with Gasteiger partial charge in [-0.2, -0.15) is 0 Å². The lowest BCUT2D eigenvalue weighted by molar-refractivity contribution is -0.125. The maximum atomic E-state index is 13.3. The normalized spacial score (nSPS) is 18.0. The van der Waals surface area contributed by atoms with Crippen molar-refractivity contribution < 1.29 is 9.59 Å². The van der Waals surface area contributed by atoms with Gasteiger partial charge in [0.2, 0.25) is 11.8 Å². The molecule has 1 N–H and O–H groups in total. The molecule has 2 aromatic carbocycles. The summed E-state index contributed by atoms with van der Waals surface area (Å²) < 4.78 is 0. The topological polar surface area (TPSA) is 52.7 Å². The SMILES string of the molecule is CC1(C)C(=O)Nc2ccccc2N1C(=O)CN1CCSc2ccccc21. The van der Waals surface area contributed by atoms with Gasteiger partial charge in [-0.25, -0.2) is 0 Å². The molecular weight excluding hydrogens is 346 g/mol. The highest BCUT2D eigenvalue weighted by atomic mass is 32.2. The Balaban J connectivity index is 1.67. The Labute approximate surface area is 157 Å². The molecule has 2 aliphatic rings. The lowest BCUT2D eigenvalue weighted by Gasteiger charge is -2.43. The molecular formula is C20H21N3O2S. The Morgan fingerprint density at radius 2 is 1.81 bits per heavy atom. The molecule has 2 aliphatic heterocycles. The van der Waals surface area contributed by atoms with E-state index in [9.17, 15) is 9.59 Å². The number of carbonyl (C=O) groups is 2. The van der Waals surface area contributed by atoms with E-state index in [-0.39, 0.29) is 18.4 Å². The van der Waals surface area contributed by atoms with E-state index in [1.54, 1.807) is 18.7 Å². The molecule has 0 unspecified atom stereocenters. The molecule has 6 heteroatoms. The second kappa shape index (κ2) is 6.36. The van der Waals surface area contributed by atoms with Crippen molar-refractivity contribution in [3.05, 3.63) is 48.5 Å². The van der Waals surface area contributed by atoms with Crippen molar-refractivity contribution in [3.63, 3.8) is 0 Å². The Hall–Kier alpha value is -2.47. The summed E-state index contributed by atoms with van der Waals surface area (Å²) >= 11 is 1.81. The number of carbonyl (C=O) groups excluding carboxylic acids is 2. The van der Waals surface area contributed by atoms with Gasteiger partial charge in [0.15, 0.2) is 0 Å². The highest BCUT2D eigenvalue weighted by Gasteiger charge is 2.43. The van der Waals surface area contributed by atoms with E-state index in [1.807, 2.05) is 48.2 Å². The molecule has 0 saturated carbocycles. The molecule has 5 nitrogen and oxygen atoms in total. The van der Waals surface area contributed by atoms with Crippen LogP contribution >= 0.6 is 11.8 Å². The molecule has 0 radical (unpaired) electrons. The molecule has 0 bridgehead atoms. The molecule has 0 spiro atoms. The first kappa shape index (κ1) is 17.0. The number of nitrogens with one attached hydrogen (secondary N) is 1. The molecule has 0 aliphatic carbocycles. The van der Waals surface area contributed by atoms with Gasteiger partial charge < -0.3 is 10.2 Å². The molecule has 0 atom stereocenters. The molecule has 134 valence electrons. The molecule has 2 aromatic rings. The predicted molar refractivity (Wildman–Crippen MR) is 106 cm³/mol. The number of para-hydroxylation sites is 3. The Morgan fingerprint density at radius 1 is 1.12 bits per heavy atom. The summed E-state index contributed by atoms with van der Waals surface area (Å²) in [6.07, 6.45) is 0. The Bertz CT molecular complexity index is 881. The summed E-state index contributed by atoms with van der Waals surface area (Å²) in [5.41, 5.74) is 1.58. The van der Waals surface area contributed by atoms with Crippen LogP contribution in [0.5, 0.6) is 0 Å². The maximum absolute atomic E-state index is 13.3. The first-order chi connectivity index (χ1) is 12.5. The predicted octanol–water partition coefficient (Wildman–Crippen LogP) is 3.36. The Morgan fingerprint density at radius 3 is 2.62 bits per heavy atom. The summed E-state index contributed by atoms with van der Waals surface area (Å²) in [6.45, 7) is 4.64. The van der Waals surface area contributed by atoms with Crippen LogP contribution in [0.25, 0.3) is 0 Å². The fourth-order valence-corrected chi connectivity index (χ4v) is 4.57. The molecule has 0 aromatic heterocycles. The minimum absolute atomic E-state index is 0.0704. The Kier molecular flexibility index (Phi) is 4.15. The number of benzene rings is 2. The third-order valence-electron chi connectivity index (χ3n) is 4.91. The lowest BCUT2D eigenvalue weighted by Crippen LogP contribution is -2.60. The minimum Gasteiger partial charge on any atom is -0.360 e. The molecule has 4 rings (SSSR count). The van der Waals surface area contributed by atoms with Gasteiger partial charge in [-0.3, -0.25) is 14.5 Å². The van der Waals surface area contributed by atoms with E-state index in [0.29, 0.717) is 5.69 Å². The zero-order valence-electron chi connectivity index (χ0n) is 14.9. The van der Waals surface area contributed by atoms with Crippen LogP contribution in [0.2, 0.25) is 0 Å².